The fourth-order valence-electron chi connectivity index (χ4n) is 1.56. The van der Waals surface area contributed by atoms with Gasteiger partial charge in [-0.3, -0.25) is 9.11 Å². The third-order valence-electron chi connectivity index (χ3n) is 2.35. The Balaban J connectivity index is 3.01. The summed E-state index contributed by atoms with van der Waals surface area (Å²) in [5.74, 6) is 0. The molecule has 0 aromatic heterocycles. The molecule has 0 aromatic rings. The smallest absolute Gasteiger partial charge is 0.394 e. The Labute approximate surface area is 114 Å². The first-order valence-corrected chi connectivity index (χ1v) is 7.69. The molecule has 1 fully saturated rings. The van der Waals surface area contributed by atoms with E-state index in [1.807, 2.05) is 0 Å². The highest BCUT2D eigenvalue weighted by Crippen LogP contribution is 2.24. The number of rotatable bonds is 5. The number of ether oxygens (including phenoxy) is 1. The van der Waals surface area contributed by atoms with Crippen molar-refractivity contribution in [2.75, 3.05) is 6.61 Å². The summed E-state index contributed by atoms with van der Waals surface area (Å²) in [5.41, 5.74) is 5.38. The van der Waals surface area contributed by atoms with Crippen LogP contribution in [0.2, 0.25) is 0 Å². The summed E-state index contributed by atoms with van der Waals surface area (Å²) in [6, 6.07) is -1.71. The molecule has 14 heteroatoms. The lowest BCUT2D eigenvalue weighted by atomic mass is 9.98. The molecule has 0 bridgehead atoms. The SMILES string of the molecule is N[C@H]1[C@H](OS(=O)(=O)O)O[C@H](CO)[C@@H](O)[C@@H]1OS(=O)(=O)O. The molecule has 120 valence electrons. The highest BCUT2D eigenvalue weighted by molar-refractivity contribution is 7.81. The minimum atomic E-state index is -5.03. The van der Waals surface area contributed by atoms with E-state index in [1.165, 1.54) is 0 Å². The molecule has 1 saturated heterocycles. The van der Waals surface area contributed by atoms with Crippen LogP contribution in [-0.4, -0.2) is 73.4 Å². The van der Waals surface area contributed by atoms with Crippen molar-refractivity contribution < 1.29 is 49.3 Å². The zero-order valence-corrected chi connectivity index (χ0v) is 11.3. The van der Waals surface area contributed by atoms with Crippen LogP contribution in [0.15, 0.2) is 0 Å². The van der Waals surface area contributed by atoms with Crippen molar-refractivity contribution in [3.05, 3.63) is 0 Å². The molecule has 0 aliphatic carbocycles. The molecule has 5 atom stereocenters. The second-order valence-corrected chi connectivity index (χ2v) is 5.90. The van der Waals surface area contributed by atoms with Gasteiger partial charge >= 0.3 is 20.8 Å². The summed E-state index contributed by atoms with van der Waals surface area (Å²) in [6.45, 7) is -0.870. The largest absolute Gasteiger partial charge is 0.399 e. The van der Waals surface area contributed by atoms with E-state index >= 15 is 0 Å². The zero-order chi connectivity index (χ0) is 15.7. The predicted molar refractivity (Wildman–Crippen MR) is 58.8 cm³/mol. The van der Waals surface area contributed by atoms with Gasteiger partial charge in [-0.05, 0) is 0 Å². The molecular formula is C6H13NO11S2. The maximum atomic E-state index is 10.6. The summed E-state index contributed by atoms with van der Waals surface area (Å²) < 4.78 is 72.3. The Morgan fingerprint density at radius 2 is 1.60 bits per heavy atom. The van der Waals surface area contributed by atoms with Gasteiger partial charge in [-0.15, -0.1) is 0 Å². The molecule has 0 unspecified atom stereocenters. The van der Waals surface area contributed by atoms with E-state index in [0.29, 0.717) is 0 Å². The first-order valence-electron chi connectivity index (χ1n) is 4.96. The number of aliphatic hydroxyl groups is 2. The van der Waals surface area contributed by atoms with Gasteiger partial charge in [0.05, 0.1) is 12.6 Å². The van der Waals surface area contributed by atoms with Gasteiger partial charge in [-0.2, -0.15) is 16.8 Å². The van der Waals surface area contributed by atoms with Crippen LogP contribution in [-0.2, 0) is 33.9 Å². The topological polar surface area (TPSA) is 203 Å². The molecule has 1 aliphatic rings. The lowest BCUT2D eigenvalue weighted by molar-refractivity contribution is -0.234. The van der Waals surface area contributed by atoms with Crippen molar-refractivity contribution in [3.63, 3.8) is 0 Å². The van der Waals surface area contributed by atoms with Crippen LogP contribution < -0.4 is 5.73 Å². The number of hydrogen-bond donors (Lipinski definition) is 5. The Morgan fingerprint density at radius 3 is 2.00 bits per heavy atom. The van der Waals surface area contributed by atoms with Crippen LogP contribution in [0.4, 0.5) is 0 Å². The molecule has 20 heavy (non-hydrogen) atoms. The highest BCUT2D eigenvalue weighted by atomic mass is 32.3. The fourth-order valence-corrected chi connectivity index (χ4v) is 2.49. The van der Waals surface area contributed by atoms with Gasteiger partial charge in [-0.1, -0.05) is 0 Å². The van der Waals surface area contributed by atoms with Crippen molar-refractivity contribution >= 4 is 20.8 Å². The minimum absolute atomic E-state index is 0.870. The summed E-state index contributed by atoms with van der Waals surface area (Å²) in [4.78, 5) is 0. The van der Waals surface area contributed by atoms with E-state index in [2.05, 4.69) is 8.37 Å². The molecule has 0 amide bonds. The third-order valence-corrected chi connectivity index (χ3v) is 3.25. The second kappa shape index (κ2) is 6.14. The molecule has 0 saturated carbocycles. The van der Waals surface area contributed by atoms with Crippen molar-refractivity contribution in [2.24, 2.45) is 5.73 Å². The molecular weight excluding hydrogens is 326 g/mol. The lowest BCUT2D eigenvalue weighted by Crippen LogP contribution is -2.63. The Kier molecular flexibility index (Phi) is 5.41. The van der Waals surface area contributed by atoms with Gasteiger partial charge < -0.3 is 20.7 Å². The monoisotopic (exact) mass is 339 g/mol. The van der Waals surface area contributed by atoms with Gasteiger partial charge in [0, 0.05) is 0 Å². The van der Waals surface area contributed by atoms with E-state index < -0.39 is 58.0 Å². The van der Waals surface area contributed by atoms with E-state index in [-0.39, 0.29) is 0 Å². The lowest BCUT2D eigenvalue weighted by Gasteiger charge is -2.40. The van der Waals surface area contributed by atoms with Crippen LogP contribution in [0.3, 0.4) is 0 Å². The summed E-state index contributed by atoms with van der Waals surface area (Å²) >= 11 is 0. The van der Waals surface area contributed by atoms with Crippen molar-refractivity contribution in [2.45, 2.75) is 30.6 Å². The molecule has 0 radical (unpaired) electrons. The van der Waals surface area contributed by atoms with Crippen molar-refractivity contribution in [1.82, 2.24) is 0 Å². The maximum absolute atomic E-state index is 10.6. The average Bonchev–Trinajstić information content (AvgIpc) is 2.25. The van der Waals surface area contributed by atoms with E-state index in [4.69, 9.17) is 24.7 Å². The first-order chi connectivity index (χ1) is 8.94. The van der Waals surface area contributed by atoms with Crippen LogP contribution >= 0.6 is 0 Å². The van der Waals surface area contributed by atoms with Crippen LogP contribution in [0, 0.1) is 0 Å². The number of hydrogen-bond acceptors (Lipinski definition) is 10. The molecule has 1 aliphatic heterocycles. The second-order valence-electron chi connectivity index (χ2n) is 3.81. The zero-order valence-electron chi connectivity index (χ0n) is 9.63. The molecule has 1 rings (SSSR count). The van der Waals surface area contributed by atoms with Gasteiger partial charge in [0.1, 0.15) is 18.3 Å². The van der Waals surface area contributed by atoms with Gasteiger partial charge in [0.15, 0.2) is 6.29 Å². The highest BCUT2D eigenvalue weighted by Gasteiger charge is 2.48. The normalized spacial score (nSPS) is 36.0. The number of nitrogens with two attached hydrogens (primary N) is 1. The van der Waals surface area contributed by atoms with Crippen molar-refractivity contribution in [1.29, 1.82) is 0 Å². The molecule has 6 N–H and O–H groups in total. The average molecular weight is 339 g/mol. The molecule has 1 heterocycles. The summed E-state index contributed by atoms with van der Waals surface area (Å²) in [5, 5.41) is 18.6. The molecule has 0 spiro atoms. The van der Waals surface area contributed by atoms with Gasteiger partial charge in [0.25, 0.3) is 0 Å². The van der Waals surface area contributed by atoms with Crippen molar-refractivity contribution in [3.8, 4) is 0 Å². The van der Waals surface area contributed by atoms with E-state index in [0.717, 1.165) is 0 Å². The van der Waals surface area contributed by atoms with E-state index in [1.54, 1.807) is 0 Å². The maximum Gasteiger partial charge on any atom is 0.399 e. The fraction of sp³-hybridized carbons (Fsp3) is 1.00. The Hall–Kier alpha value is -0.420. The Morgan fingerprint density at radius 1 is 1.10 bits per heavy atom. The standard InChI is InChI=1S/C6H13NO11S2/c7-3-5(17-19(10,11)12)4(9)2(1-8)16-6(3)18-20(13,14)15/h2-6,8-9H,1,7H2,(H,10,11,12)(H,13,14,15)/t2-,3-,4-,5-,6+/m1/s1. The van der Waals surface area contributed by atoms with Gasteiger partial charge in [0.2, 0.25) is 0 Å². The third kappa shape index (κ3) is 4.85. The minimum Gasteiger partial charge on any atom is -0.394 e. The molecule has 12 nitrogen and oxygen atoms in total. The number of aliphatic hydroxyl groups excluding tert-OH is 2. The van der Waals surface area contributed by atoms with E-state index in [9.17, 15) is 21.9 Å². The quantitative estimate of drug-likeness (QED) is 0.308. The van der Waals surface area contributed by atoms with Crippen LogP contribution in [0.5, 0.6) is 0 Å². The first kappa shape index (κ1) is 17.6. The molecule has 0 aromatic carbocycles. The predicted octanol–water partition coefficient (Wildman–Crippen LogP) is -3.60. The Bertz CT molecular complexity index is 529. The summed E-state index contributed by atoms with van der Waals surface area (Å²) in [6.07, 6.45) is -7.15. The van der Waals surface area contributed by atoms with Crippen LogP contribution in [0.1, 0.15) is 0 Å². The summed E-state index contributed by atoms with van der Waals surface area (Å²) in [7, 11) is -10.0. The van der Waals surface area contributed by atoms with Crippen LogP contribution in [0.25, 0.3) is 0 Å². The van der Waals surface area contributed by atoms with Gasteiger partial charge in [-0.25, -0.2) is 8.37 Å².